The van der Waals surface area contributed by atoms with Crippen molar-refractivity contribution in [3.8, 4) is 5.75 Å². The Labute approximate surface area is 120 Å². The molecule has 0 aromatic heterocycles. The Morgan fingerprint density at radius 1 is 1.00 bits per heavy atom. The molecule has 0 fully saturated rings. The fourth-order valence-electron chi connectivity index (χ4n) is 1.52. The van der Waals surface area contributed by atoms with Crippen molar-refractivity contribution in [2.45, 2.75) is 17.7 Å². The average molecular weight is 294 g/mol. The molecule has 2 aromatic carbocycles. The van der Waals surface area contributed by atoms with Crippen molar-refractivity contribution >= 4 is 11.1 Å². The van der Waals surface area contributed by atoms with E-state index in [0.29, 0.717) is 10.6 Å². The first-order valence-corrected chi connectivity index (χ1v) is 7.29. The Morgan fingerprint density at radius 2 is 1.60 bits per heavy atom. The SMILES string of the molecule is O=S(OCCC(F)Oc1ccccc1)c1ccccc1. The molecular formula is C15H15FO3S. The summed E-state index contributed by atoms with van der Waals surface area (Å²) in [5, 5.41) is 0. The average Bonchev–Trinajstić information content (AvgIpc) is 2.49. The fourth-order valence-corrected chi connectivity index (χ4v) is 2.28. The van der Waals surface area contributed by atoms with E-state index >= 15 is 0 Å². The molecule has 0 heterocycles. The highest BCUT2D eigenvalue weighted by atomic mass is 32.2. The molecule has 106 valence electrons. The fraction of sp³-hybridized carbons (Fsp3) is 0.200. The molecule has 2 unspecified atom stereocenters. The Morgan fingerprint density at radius 3 is 2.25 bits per heavy atom. The van der Waals surface area contributed by atoms with Gasteiger partial charge in [-0.05, 0) is 24.3 Å². The lowest BCUT2D eigenvalue weighted by Crippen LogP contribution is -2.13. The van der Waals surface area contributed by atoms with Crippen LogP contribution in [0.5, 0.6) is 5.75 Å². The van der Waals surface area contributed by atoms with Crippen molar-refractivity contribution in [1.29, 1.82) is 0 Å². The van der Waals surface area contributed by atoms with E-state index in [0.717, 1.165) is 0 Å². The molecule has 3 nitrogen and oxygen atoms in total. The van der Waals surface area contributed by atoms with Crippen LogP contribution in [0.3, 0.4) is 0 Å². The maximum absolute atomic E-state index is 13.5. The lowest BCUT2D eigenvalue weighted by atomic mass is 10.3. The van der Waals surface area contributed by atoms with Crippen molar-refractivity contribution in [2.75, 3.05) is 6.61 Å². The summed E-state index contributed by atoms with van der Waals surface area (Å²) < 4.78 is 35.4. The predicted molar refractivity (Wildman–Crippen MR) is 75.4 cm³/mol. The zero-order valence-corrected chi connectivity index (χ0v) is 11.6. The molecule has 0 saturated carbocycles. The minimum Gasteiger partial charge on any atom is -0.460 e. The molecule has 0 spiro atoms. The van der Waals surface area contributed by atoms with Gasteiger partial charge in [-0.3, -0.25) is 4.18 Å². The van der Waals surface area contributed by atoms with Crippen LogP contribution in [0.15, 0.2) is 65.6 Å². The first-order chi connectivity index (χ1) is 9.75. The number of halogens is 1. The third kappa shape index (κ3) is 4.75. The number of para-hydroxylation sites is 1. The van der Waals surface area contributed by atoms with E-state index in [2.05, 4.69) is 0 Å². The highest BCUT2D eigenvalue weighted by molar-refractivity contribution is 7.80. The van der Waals surface area contributed by atoms with Gasteiger partial charge in [0.15, 0.2) is 11.1 Å². The van der Waals surface area contributed by atoms with E-state index < -0.39 is 17.4 Å². The van der Waals surface area contributed by atoms with Crippen LogP contribution in [0.1, 0.15) is 6.42 Å². The molecule has 0 aliphatic carbocycles. The van der Waals surface area contributed by atoms with Gasteiger partial charge in [-0.25, -0.2) is 8.60 Å². The highest BCUT2D eigenvalue weighted by Gasteiger charge is 2.10. The molecule has 0 radical (unpaired) electrons. The molecule has 0 amide bonds. The summed E-state index contributed by atoms with van der Waals surface area (Å²) in [6, 6.07) is 17.5. The summed E-state index contributed by atoms with van der Waals surface area (Å²) >= 11 is -1.57. The molecule has 2 aromatic rings. The summed E-state index contributed by atoms with van der Waals surface area (Å²) in [6.07, 6.45) is -1.46. The Balaban J connectivity index is 1.72. The van der Waals surface area contributed by atoms with Crippen LogP contribution < -0.4 is 4.74 Å². The minimum atomic E-state index is -1.57. The maximum atomic E-state index is 13.5. The van der Waals surface area contributed by atoms with Crippen molar-refractivity contribution in [3.05, 3.63) is 60.7 Å². The van der Waals surface area contributed by atoms with Gasteiger partial charge in [0.1, 0.15) is 5.75 Å². The van der Waals surface area contributed by atoms with E-state index in [-0.39, 0.29) is 13.0 Å². The maximum Gasteiger partial charge on any atom is 0.240 e. The van der Waals surface area contributed by atoms with Gasteiger partial charge in [0, 0.05) is 6.42 Å². The molecule has 2 rings (SSSR count). The quantitative estimate of drug-likeness (QED) is 0.784. The molecular weight excluding hydrogens is 279 g/mol. The highest BCUT2D eigenvalue weighted by Crippen LogP contribution is 2.14. The lowest BCUT2D eigenvalue weighted by molar-refractivity contribution is 0.0479. The minimum absolute atomic E-state index is 0.0213. The molecule has 0 N–H and O–H groups in total. The second-order valence-electron chi connectivity index (χ2n) is 4.00. The van der Waals surface area contributed by atoms with Gasteiger partial charge < -0.3 is 4.74 Å². The zero-order chi connectivity index (χ0) is 14.2. The van der Waals surface area contributed by atoms with Gasteiger partial charge in [-0.2, -0.15) is 0 Å². The van der Waals surface area contributed by atoms with E-state index in [4.69, 9.17) is 8.92 Å². The van der Waals surface area contributed by atoms with E-state index in [1.54, 1.807) is 48.5 Å². The van der Waals surface area contributed by atoms with Crippen LogP contribution in [-0.2, 0) is 15.3 Å². The molecule has 2 atom stereocenters. The Hall–Kier alpha value is -1.72. The van der Waals surface area contributed by atoms with Gasteiger partial charge in [0.05, 0.1) is 11.5 Å². The summed E-state index contributed by atoms with van der Waals surface area (Å²) in [4.78, 5) is 0.562. The molecule has 5 heteroatoms. The molecule has 0 aliphatic rings. The topological polar surface area (TPSA) is 35.5 Å². The number of rotatable bonds is 7. The summed E-state index contributed by atoms with van der Waals surface area (Å²) in [5.74, 6) is 0.462. The number of hydrogen-bond acceptors (Lipinski definition) is 3. The Bertz CT molecular complexity index is 533. The molecule has 0 saturated heterocycles. The van der Waals surface area contributed by atoms with Gasteiger partial charge in [0.2, 0.25) is 6.36 Å². The van der Waals surface area contributed by atoms with Crippen LogP contribution in [-0.4, -0.2) is 17.2 Å². The predicted octanol–water partition coefficient (Wildman–Crippen LogP) is 3.49. The number of benzene rings is 2. The summed E-state index contributed by atoms with van der Waals surface area (Å²) in [6.45, 7) is 0.0233. The van der Waals surface area contributed by atoms with Crippen molar-refractivity contribution in [3.63, 3.8) is 0 Å². The Kier molecular flexibility index (Phi) is 5.70. The first kappa shape index (κ1) is 14.7. The zero-order valence-electron chi connectivity index (χ0n) is 10.8. The molecule has 0 bridgehead atoms. The van der Waals surface area contributed by atoms with Gasteiger partial charge in [-0.1, -0.05) is 36.4 Å². The number of hydrogen-bond donors (Lipinski definition) is 0. The van der Waals surface area contributed by atoms with E-state index in [1.165, 1.54) is 0 Å². The molecule has 0 aliphatic heterocycles. The smallest absolute Gasteiger partial charge is 0.240 e. The third-order valence-corrected chi connectivity index (χ3v) is 3.52. The normalized spacial score (nSPS) is 13.7. The van der Waals surface area contributed by atoms with Crippen LogP contribution in [0, 0.1) is 0 Å². The molecule has 20 heavy (non-hydrogen) atoms. The van der Waals surface area contributed by atoms with Crippen LogP contribution >= 0.6 is 0 Å². The number of ether oxygens (including phenoxy) is 1. The van der Waals surface area contributed by atoms with Crippen LogP contribution in [0.25, 0.3) is 0 Å². The van der Waals surface area contributed by atoms with Gasteiger partial charge in [-0.15, -0.1) is 0 Å². The number of alkyl halides is 1. The van der Waals surface area contributed by atoms with Crippen LogP contribution in [0.4, 0.5) is 4.39 Å². The van der Waals surface area contributed by atoms with Crippen LogP contribution in [0.2, 0.25) is 0 Å². The van der Waals surface area contributed by atoms with Gasteiger partial charge >= 0.3 is 0 Å². The van der Waals surface area contributed by atoms with E-state index in [9.17, 15) is 8.60 Å². The third-order valence-electron chi connectivity index (χ3n) is 2.48. The van der Waals surface area contributed by atoms with Crippen molar-refractivity contribution in [2.24, 2.45) is 0 Å². The lowest BCUT2D eigenvalue weighted by Gasteiger charge is -2.11. The van der Waals surface area contributed by atoms with Crippen molar-refractivity contribution in [1.82, 2.24) is 0 Å². The largest absolute Gasteiger partial charge is 0.460 e. The second kappa shape index (κ2) is 7.77. The first-order valence-electron chi connectivity index (χ1n) is 6.21. The van der Waals surface area contributed by atoms with E-state index in [1.807, 2.05) is 12.1 Å². The summed E-state index contributed by atoms with van der Waals surface area (Å²) in [7, 11) is 0. The van der Waals surface area contributed by atoms with Gasteiger partial charge in [0.25, 0.3) is 0 Å². The standard InChI is InChI=1S/C15H15FO3S/c16-15(19-13-7-3-1-4-8-13)11-12-18-20(17)14-9-5-2-6-10-14/h1-10,15H,11-12H2. The second-order valence-corrected chi connectivity index (χ2v) is 5.18. The monoisotopic (exact) mass is 294 g/mol. The van der Waals surface area contributed by atoms with Crippen molar-refractivity contribution < 1.29 is 17.5 Å². The summed E-state index contributed by atoms with van der Waals surface area (Å²) in [5.41, 5.74) is 0.